The van der Waals surface area contributed by atoms with E-state index in [0.717, 1.165) is 19.4 Å². The Hall–Kier alpha value is -0.410. The van der Waals surface area contributed by atoms with Crippen molar-refractivity contribution in [3.05, 3.63) is 0 Å². The topological polar surface area (TPSA) is 35.5 Å². The molecule has 0 aromatic rings. The maximum Gasteiger partial charge on any atom is 0.135 e. The van der Waals surface area contributed by atoms with Crippen LogP contribution in [0.5, 0.6) is 0 Å². The van der Waals surface area contributed by atoms with Crippen LogP contribution in [0.1, 0.15) is 53.9 Å². The first-order valence-electron chi connectivity index (χ1n) is 7.01. The highest BCUT2D eigenvalue weighted by atomic mass is 16.5. The van der Waals surface area contributed by atoms with Crippen molar-refractivity contribution < 1.29 is 14.3 Å². The molecule has 0 aliphatic rings. The van der Waals surface area contributed by atoms with Crippen molar-refractivity contribution >= 4 is 5.78 Å². The summed E-state index contributed by atoms with van der Waals surface area (Å²) >= 11 is 0. The molecule has 0 heterocycles. The van der Waals surface area contributed by atoms with Gasteiger partial charge in [0.25, 0.3) is 0 Å². The van der Waals surface area contributed by atoms with Gasteiger partial charge in [-0.3, -0.25) is 4.79 Å². The van der Waals surface area contributed by atoms with Gasteiger partial charge in [-0.15, -0.1) is 0 Å². The summed E-state index contributed by atoms with van der Waals surface area (Å²) in [5, 5.41) is 0. The quantitative estimate of drug-likeness (QED) is 0.563. The van der Waals surface area contributed by atoms with Gasteiger partial charge in [0, 0.05) is 25.6 Å². The van der Waals surface area contributed by atoms with Gasteiger partial charge in [-0.05, 0) is 18.3 Å². The smallest absolute Gasteiger partial charge is 0.135 e. The Labute approximate surface area is 112 Å². The van der Waals surface area contributed by atoms with E-state index in [0.29, 0.717) is 37.4 Å². The lowest BCUT2D eigenvalue weighted by molar-refractivity contribution is -0.122. The van der Waals surface area contributed by atoms with Crippen molar-refractivity contribution in [2.24, 2.45) is 11.3 Å². The van der Waals surface area contributed by atoms with Crippen LogP contribution in [0.15, 0.2) is 0 Å². The van der Waals surface area contributed by atoms with E-state index in [1.54, 1.807) is 0 Å². The summed E-state index contributed by atoms with van der Waals surface area (Å²) < 4.78 is 10.9. The van der Waals surface area contributed by atoms with Crippen molar-refractivity contribution in [2.75, 3.05) is 26.4 Å². The Kier molecular flexibility index (Phi) is 9.29. The molecular weight excluding hydrogens is 228 g/mol. The third kappa shape index (κ3) is 12.1. The van der Waals surface area contributed by atoms with E-state index in [2.05, 4.69) is 20.8 Å². The van der Waals surface area contributed by atoms with E-state index in [9.17, 15) is 4.79 Å². The molecule has 0 aliphatic carbocycles. The van der Waals surface area contributed by atoms with Crippen LogP contribution in [0.4, 0.5) is 0 Å². The maximum absolute atomic E-state index is 11.3. The van der Waals surface area contributed by atoms with Gasteiger partial charge in [0.05, 0.1) is 13.2 Å². The number of carbonyl (C=O) groups excluding carboxylic acids is 1. The van der Waals surface area contributed by atoms with Crippen LogP contribution >= 0.6 is 0 Å². The lowest BCUT2D eigenvalue weighted by atomic mass is 9.93. The first-order valence-corrected chi connectivity index (χ1v) is 7.01. The summed E-state index contributed by atoms with van der Waals surface area (Å²) in [6, 6.07) is 0. The minimum absolute atomic E-state index is 0.144. The number of hydrogen-bond donors (Lipinski definition) is 0. The molecule has 0 amide bonds. The normalized spacial score (nSPS) is 12.1. The molecule has 3 heteroatoms. The van der Waals surface area contributed by atoms with Gasteiger partial charge in [-0.1, -0.05) is 34.6 Å². The Morgan fingerprint density at radius 2 is 1.56 bits per heavy atom. The van der Waals surface area contributed by atoms with Gasteiger partial charge < -0.3 is 9.47 Å². The summed E-state index contributed by atoms with van der Waals surface area (Å²) in [5.74, 6) is 0.464. The molecule has 0 radical (unpaired) electrons. The van der Waals surface area contributed by atoms with Crippen LogP contribution in [0, 0.1) is 11.3 Å². The lowest BCUT2D eigenvalue weighted by Gasteiger charge is -2.17. The second-order valence-corrected chi connectivity index (χ2v) is 6.26. The fourth-order valence-electron chi connectivity index (χ4n) is 1.34. The minimum atomic E-state index is 0.144. The predicted molar refractivity (Wildman–Crippen MR) is 74.8 cm³/mol. The van der Waals surface area contributed by atoms with Gasteiger partial charge in [-0.2, -0.15) is 0 Å². The van der Waals surface area contributed by atoms with Crippen molar-refractivity contribution in [3.8, 4) is 0 Å². The predicted octanol–water partition coefficient (Wildman–Crippen LogP) is 3.46. The first-order chi connectivity index (χ1) is 8.33. The highest BCUT2D eigenvalue weighted by molar-refractivity contribution is 5.80. The van der Waals surface area contributed by atoms with Crippen LogP contribution in [-0.4, -0.2) is 32.2 Å². The first kappa shape index (κ1) is 17.6. The number of carbonyl (C=O) groups is 1. The molecular formula is C15H30O3. The fourth-order valence-corrected chi connectivity index (χ4v) is 1.34. The number of Topliss-reactive ketones (excluding diaryl/α,β-unsaturated/α-hetero) is 1. The molecule has 0 aromatic carbocycles. The van der Waals surface area contributed by atoms with Crippen molar-refractivity contribution in [3.63, 3.8) is 0 Å². The molecule has 0 N–H and O–H groups in total. The highest BCUT2D eigenvalue weighted by Crippen LogP contribution is 2.17. The Morgan fingerprint density at radius 3 is 2.06 bits per heavy atom. The Morgan fingerprint density at radius 1 is 1.00 bits per heavy atom. The molecule has 0 unspecified atom stereocenters. The maximum atomic E-state index is 11.3. The molecule has 3 nitrogen and oxygen atoms in total. The number of ether oxygens (including phenoxy) is 2. The highest BCUT2D eigenvalue weighted by Gasteiger charge is 2.09. The van der Waals surface area contributed by atoms with Gasteiger partial charge in [0.15, 0.2) is 0 Å². The molecule has 0 atom stereocenters. The average molecular weight is 258 g/mol. The van der Waals surface area contributed by atoms with E-state index >= 15 is 0 Å². The second kappa shape index (κ2) is 9.51. The number of hydrogen-bond acceptors (Lipinski definition) is 3. The Bertz CT molecular complexity index is 216. The lowest BCUT2D eigenvalue weighted by Crippen LogP contribution is -2.13. The summed E-state index contributed by atoms with van der Waals surface area (Å²) in [6.45, 7) is 13.2. The van der Waals surface area contributed by atoms with Crippen LogP contribution < -0.4 is 0 Å². The van der Waals surface area contributed by atoms with E-state index in [4.69, 9.17) is 9.47 Å². The molecule has 0 bridgehead atoms. The largest absolute Gasteiger partial charge is 0.379 e. The van der Waals surface area contributed by atoms with Gasteiger partial charge in [-0.25, -0.2) is 0 Å². The number of rotatable bonds is 10. The van der Waals surface area contributed by atoms with Crippen LogP contribution in [0.25, 0.3) is 0 Å². The average Bonchev–Trinajstić information content (AvgIpc) is 2.24. The Balaban J connectivity index is 3.20. The van der Waals surface area contributed by atoms with Crippen molar-refractivity contribution in [1.82, 2.24) is 0 Å². The summed E-state index contributed by atoms with van der Waals surface area (Å²) in [6.07, 6.45) is 2.51. The zero-order chi connectivity index (χ0) is 14.0. The molecule has 0 aromatic heterocycles. The zero-order valence-corrected chi connectivity index (χ0v) is 12.8. The van der Waals surface area contributed by atoms with Crippen LogP contribution in [0.3, 0.4) is 0 Å². The monoisotopic (exact) mass is 258 g/mol. The molecule has 0 aliphatic heterocycles. The zero-order valence-electron chi connectivity index (χ0n) is 12.8. The summed E-state index contributed by atoms with van der Waals surface area (Å²) in [5.41, 5.74) is 0.331. The molecule has 0 spiro atoms. The fraction of sp³-hybridized carbons (Fsp3) is 0.933. The van der Waals surface area contributed by atoms with E-state index in [1.807, 2.05) is 13.8 Å². The van der Waals surface area contributed by atoms with Crippen LogP contribution in [-0.2, 0) is 14.3 Å². The number of ketones is 1. The molecule has 0 fully saturated rings. The minimum Gasteiger partial charge on any atom is -0.379 e. The second-order valence-electron chi connectivity index (χ2n) is 6.26. The molecule has 0 saturated heterocycles. The standard InChI is InChI=1S/C15H30O3/c1-13(2)14(16)7-6-9-17-11-12-18-10-8-15(3,4)5/h13H,6-12H2,1-5H3. The van der Waals surface area contributed by atoms with E-state index in [1.165, 1.54) is 0 Å². The van der Waals surface area contributed by atoms with E-state index < -0.39 is 0 Å². The van der Waals surface area contributed by atoms with E-state index in [-0.39, 0.29) is 5.92 Å². The van der Waals surface area contributed by atoms with Crippen LogP contribution in [0.2, 0.25) is 0 Å². The third-order valence-corrected chi connectivity index (χ3v) is 2.72. The van der Waals surface area contributed by atoms with Gasteiger partial charge in [0.2, 0.25) is 0 Å². The molecule has 18 heavy (non-hydrogen) atoms. The molecule has 0 saturated carbocycles. The van der Waals surface area contributed by atoms with Crippen molar-refractivity contribution in [2.45, 2.75) is 53.9 Å². The molecule has 108 valence electrons. The molecule has 0 rings (SSSR count). The SMILES string of the molecule is CC(C)C(=O)CCCOCCOCCC(C)(C)C. The van der Waals surface area contributed by atoms with Gasteiger partial charge in [0.1, 0.15) is 5.78 Å². The van der Waals surface area contributed by atoms with Crippen molar-refractivity contribution in [1.29, 1.82) is 0 Å². The van der Waals surface area contributed by atoms with Gasteiger partial charge >= 0.3 is 0 Å². The summed E-state index contributed by atoms with van der Waals surface area (Å²) in [7, 11) is 0. The third-order valence-electron chi connectivity index (χ3n) is 2.72. The summed E-state index contributed by atoms with van der Waals surface area (Å²) in [4.78, 5) is 11.3.